The fourth-order valence-corrected chi connectivity index (χ4v) is 2.49. The van der Waals surface area contributed by atoms with Gasteiger partial charge in [-0.2, -0.15) is 0 Å². The zero-order chi connectivity index (χ0) is 14.6. The van der Waals surface area contributed by atoms with E-state index in [1.54, 1.807) is 30.3 Å². The summed E-state index contributed by atoms with van der Waals surface area (Å²) >= 11 is 0. The summed E-state index contributed by atoms with van der Waals surface area (Å²) in [6.07, 6.45) is 1.88. The summed E-state index contributed by atoms with van der Waals surface area (Å²) in [5.74, 6) is -0.236. The predicted molar refractivity (Wildman–Crippen MR) is 78.1 cm³/mol. The van der Waals surface area contributed by atoms with Crippen molar-refractivity contribution in [2.24, 2.45) is 0 Å². The van der Waals surface area contributed by atoms with Gasteiger partial charge in [0.15, 0.2) is 9.84 Å². The van der Waals surface area contributed by atoms with Crippen LogP contribution in [0.4, 0.5) is 10.1 Å². The fourth-order valence-electron chi connectivity index (χ4n) is 1.86. The Morgan fingerprint density at radius 1 is 1.10 bits per heavy atom. The highest BCUT2D eigenvalue weighted by Crippen LogP contribution is 2.14. The zero-order valence-corrected chi connectivity index (χ0v) is 12.0. The topological polar surface area (TPSA) is 46.2 Å². The van der Waals surface area contributed by atoms with Gasteiger partial charge in [-0.1, -0.05) is 12.1 Å². The molecule has 0 spiro atoms. The van der Waals surface area contributed by atoms with Gasteiger partial charge in [-0.05, 0) is 48.4 Å². The van der Waals surface area contributed by atoms with Crippen molar-refractivity contribution in [3.8, 4) is 0 Å². The smallest absolute Gasteiger partial charge is 0.175 e. The lowest BCUT2D eigenvalue weighted by atomic mass is 10.1. The SMILES string of the molecule is CS(=O)(=O)c1ccc(NCCc2cccc(F)c2)cc1. The van der Waals surface area contributed by atoms with Gasteiger partial charge in [-0.3, -0.25) is 0 Å². The van der Waals surface area contributed by atoms with Crippen LogP contribution in [0.5, 0.6) is 0 Å². The Morgan fingerprint density at radius 3 is 2.40 bits per heavy atom. The molecule has 0 radical (unpaired) electrons. The van der Waals surface area contributed by atoms with Crippen LogP contribution < -0.4 is 5.32 Å². The van der Waals surface area contributed by atoms with Crippen molar-refractivity contribution in [1.82, 2.24) is 0 Å². The third kappa shape index (κ3) is 4.06. The lowest BCUT2D eigenvalue weighted by Crippen LogP contribution is -2.05. The molecule has 0 saturated heterocycles. The molecule has 5 heteroatoms. The Balaban J connectivity index is 1.92. The van der Waals surface area contributed by atoms with Gasteiger partial charge < -0.3 is 5.32 Å². The first-order valence-electron chi connectivity index (χ1n) is 6.23. The Hall–Kier alpha value is -1.88. The molecule has 2 aromatic carbocycles. The first kappa shape index (κ1) is 14.5. The molecule has 0 unspecified atom stereocenters. The van der Waals surface area contributed by atoms with Crippen molar-refractivity contribution in [2.45, 2.75) is 11.3 Å². The summed E-state index contributed by atoms with van der Waals surface area (Å²) in [4.78, 5) is 0.299. The molecule has 0 aromatic heterocycles. The van der Waals surface area contributed by atoms with E-state index < -0.39 is 9.84 Å². The summed E-state index contributed by atoms with van der Waals surface area (Å²) in [5.41, 5.74) is 1.76. The van der Waals surface area contributed by atoms with Crippen molar-refractivity contribution in [2.75, 3.05) is 18.1 Å². The molecule has 3 nitrogen and oxygen atoms in total. The lowest BCUT2D eigenvalue weighted by molar-refractivity contribution is 0.602. The van der Waals surface area contributed by atoms with Crippen LogP contribution in [0, 0.1) is 5.82 Å². The molecular formula is C15H16FNO2S. The van der Waals surface area contributed by atoms with Gasteiger partial charge in [0.25, 0.3) is 0 Å². The minimum atomic E-state index is -3.16. The van der Waals surface area contributed by atoms with Gasteiger partial charge in [0.1, 0.15) is 5.82 Å². The summed E-state index contributed by atoms with van der Waals surface area (Å²) in [7, 11) is -3.16. The second-order valence-corrected chi connectivity index (χ2v) is 6.62. The van der Waals surface area contributed by atoms with E-state index in [4.69, 9.17) is 0 Å². The first-order chi connectivity index (χ1) is 9.45. The highest BCUT2D eigenvalue weighted by Gasteiger charge is 2.05. The second kappa shape index (κ2) is 6.05. The van der Waals surface area contributed by atoms with Crippen LogP contribution in [0.15, 0.2) is 53.4 Å². The van der Waals surface area contributed by atoms with Crippen LogP contribution in [-0.4, -0.2) is 21.2 Å². The average Bonchev–Trinajstić information content (AvgIpc) is 2.38. The molecule has 0 saturated carbocycles. The summed E-state index contributed by atoms with van der Waals surface area (Å²) in [5, 5.41) is 3.17. The third-order valence-corrected chi connectivity index (χ3v) is 4.04. The maximum Gasteiger partial charge on any atom is 0.175 e. The molecule has 0 aliphatic rings. The van der Waals surface area contributed by atoms with Gasteiger partial charge in [0.05, 0.1) is 4.90 Å². The summed E-state index contributed by atoms with van der Waals surface area (Å²) < 4.78 is 35.6. The lowest BCUT2D eigenvalue weighted by Gasteiger charge is -2.07. The third-order valence-electron chi connectivity index (χ3n) is 2.91. The van der Waals surface area contributed by atoms with Crippen molar-refractivity contribution < 1.29 is 12.8 Å². The fraction of sp³-hybridized carbons (Fsp3) is 0.200. The largest absolute Gasteiger partial charge is 0.385 e. The van der Waals surface area contributed by atoms with Crippen LogP contribution in [0.3, 0.4) is 0 Å². The van der Waals surface area contributed by atoms with Crippen molar-refractivity contribution in [1.29, 1.82) is 0 Å². The summed E-state index contributed by atoms with van der Waals surface area (Å²) in [6, 6.07) is 13.1. The van der Waals surface area contributed by atoms with Crippen LogP contribution in [0.25, 0.3) is 0 Å². The van der Waals surface area contributed by atoms with Crippen LogP contribution in [0.1, 0.15) is 5.56 Å². The Kier molecular flexibility index (Phi) is 4.39. The molecule has 1 N–H and O–H groups in total. The molecule has 0 fully saturated rings. The van der Waals surface area contributed by atoms with Gasteiger partial charge in [-0.25, -0.2) is 12.8 Å². The van der Waals surface area contributed by atoms with Crippen LogP contribution >= 0.6 is 0 Å². The minimum absolute atomic E-state index is 0.236. The van der Waals surface area contributed by atoms with Crippen molar-refractivity contribution in [3.05, 3.63) is 59.9 Å². The molecular weight excluding hydrogens is 277 g/mol. The van der Waals surface area contributed by atoms with Crippen LogP contribution in [0.2, 0.25) is 0 Å². The van der Waals surface area contributed by atoms with Crippen molar-refractivity contribution >= 4 is 15.5 Å². The van der Waals surface area contributed by atoms with E-state index in [1.165, 1.54) is 18.4 Å². The van der Waals surface area contributed by atoms with E-state index in [2.05, 4.69) is 5.32 Å². The molecule has 0 aliphatic heterocycles. The Bertz CT molecular complexity index is 681. The van der Waals surface area contributed by atoms with E-state index in [-0.39, 0.29) is 5.82 Å². The number of anilines is 1. The first-order valence-corrected chi connectivity index (χ1v) is 8.13. The molecule has 0 amide bonds. The second-order valence-electron chi connectivity index (χ2n) is 4.60. The number of hydrogen-bond acceptors (Lipinski definition) is 3. The normalized spacial score (nSPS) is 11.3. The highest BCUT2D eigenvalue weighted by molar-refractivity contribution is 7.90. The van der Waals surface area contributed by atoms with Gasteiger partial charge in [0, 0.05) is 18.5 Å². The van der Waals surface area contributed by atoms with Gasteiger partial charge in [-0.15, -0.1) is 0 Å². The van der Waals surface area contributed by atoms with E-state index >= 15 is 0 Å². The molecule has 20 heavy (non-hydrogen) atoms. The predicted octanol–water partition coefficient (Wildman–Crippen LogP) is 2.88. The standard InChI is InChI=1S/C15H16FNO2S/c1-20(18,19)15-7-5-14(6-8-15)17-10-9-12-3-2-4-13(16)11-12/h2-8,11,17H,9-10H2,1H3. The molecule has 2 rings (SSSR count). The van der Waals surface area contributed by atoms with E-state index in [0.29, 0.717) is 17.9 Å². The molecule has 2 aromatic rings. The van der Waals surface area contributed by atoms with Crippen molar-refractivity contribution in [3.63, 3.8) is 0 Å². The maximum absolute atomic E-state index is 13.0. The number of halogens is 1. The quantitative estimate of drug-likeness (QED) is 0.922. The maximum atomic E-state index is 13.0. The molecule has 0 aliphatic carbocycles. The van der Waals surface area contributed by atoms with E-state index in [1.807, 2.05) is 6.07 Å². The molecule has 106 valence electrons. The van der Waals surface area contributed by atoms with E-state index in [0.717, 1.165) is 11.3 Å². The monoisotopic (exact) mass is 293 g/mol. The number of benzene rings is 2. The molecule has 0 heterocycles. The summed E-state index contributed by atoms with van der Waals surface area (Å²) in [6.45, 7) is 0.654. The number of hydrogen-bond donors (Lipinski definition) is 1. The highest BCUT2D eigenvalue weighted by atomic mass is 32.2. The minimum Gasteiger partial charge on any atom is -0.385 e. The Morgan fingerprint density at radius 2 is 1.80 bits per heavy atom. The zero-order valence-electron chi connectivity index (χ0n) is 11.1. The average molecular weight is 293 g/mol. The van der Waals surface area contributed by atoms with Crippen LogP contribution in [-0.2, 0) is 16.3 Å². The van der Waals surface area contributed by atoms with E-state index in [9.17, 15) is 12.8 Å². The molecule has 0 bridgehead atoms. The number of sulfone groups is 1. The van der Waals surface area contributed by atoms with Gasteiger partial charge in [0.2, 0.25) is 0 Å². The van der Waals surface area contributed by atoms with Gasteiger partial charge >= 0.3 is 0 Å². The number of rotatable bonds is 5. The molecule has 0 atom stereocenters. The number of nitrogens with one attached hydrogen (secondary N) is 1. The Labute approximate surface area is 118 Å².